The van der Waals surface area contributed by atoms with Gasteiger partial charge < -0.3 is 16.4 Å². The molecule has 0 radical (unpaired) electrons. The molecule has 1 rings (SSSR count). The maximum atomic E-state index is 11.8. The van der Waals surface area contributed by atoms with Gasteiger partial charge in [0.25, 0.3) is 0 Å². The Morgan fingerprint density at radius 3 is 2.65 bits per heavy atom. The number of benzene rings is 1. The lowest BCUT2D eigenvalue weighted by atomic mass is 10.1. The number of amides is 1. The number of nitrogens with zero attached hydrogens (tertiary/aromatic N) is 1. The van der Waals surface area contributed by atoms with Gasteiger partial charge in [-0.15, -0.1) is 0 Å². The molecule has 4 N–H and O–H groups in total. The van der Waals surface area contributed by atoms with Crippen molar-refractivity contribution < 1.29 is 4.79 Å². The van der Waals surface area contributed by atoms with Crippen molar-refractivity contribution in [3.63, 3.8) is 0 Å². The average Bonchev–Trinajstić information content (AvgIpc) is 2.29. The highest BCUT2D eigenvalue weighted by atomic mass is 79.9. The number of hydrogen-bond donors (Lipinski definition) is 3. The van der Waals surface area contributed by atoms with Crippen LogP contribution in [0.15, 0.2) is 27.7 Å². The molecule has 0 fully saturated rings. The topological polar surface area (TPSA) is 79.5 Å². The van der Waals surface area contributed by atoms with E-state index in [1.165, 1.54) is 0 Å². The SMILES string of the molecule is Cc1ccc(Br)cc1NC(=O)CN=C(N)NC(C)(C)C. The molecule has 0 unspecified atom stereocenters. The molecule has 1 aromatic rings. The molecular weight excluding hydrogens is 320 g/mol. The average molecular weight is 341 g/mol. The minimum atomic E-state index is -0.204. The standard InChI is InChI=1S/C14H21BrN4O/c1-9-5-6-10(15)7-11(9)18-12(20)8-17-13(16)19-14(2,3)4/h5-7H,8H2,1-4H3,(H,18,20)(H3,16,17,19). The van der Waals surface area contributed by atoms with E-state index in [4.69, 9.17) is 5.73 Å². The van der Waals surface area contributed by atoms with Crippen LogP contribution in [0.4, 0.5) is 5.69 Å². The smallest absolute Gasteiger partial charge is 0.246 e. The van der Waals surface area contributed by atoms with Gasteiger partial charge in [0.1, 0.15) is 6.54 Å². The van der Waals surface area contributed by atoms with Crippen molar-refractivity contribution in [2.24, 2.45) is 10.7 Å². The predicted octanol–water partition coefficient (Wildman–Crippen LogP) is 2.40. The molecule has 0 aliphatic rings. The van der Waals surface area contributed by atoms with Gasteiger partial charge in [0.15, 0.2) is 5.96 Å². The molecule has 0 aliphatic carbocycles. The van der Waals surface area contributed by atoms with Gasteiger partial charge in [-0.05, 0) is 45.4 Å². The lowest BCUT2D eigenvalue weighted by Crippen LogP contribution is -2.45. The Hall–Kier alpha value is -1.56. The van der Waals surface area contributed by atoms with Gasteiger partial charge >= 0.3 is 0 Å². The fourth-order valence-electron chi connectivity index (χ4n) is 1.50. The Morgan fingerprint density at radius 1 is 1.40 bits per heavy atom. The largest absolute Gasteiger partial charge is 0.370 e. The maximum absolute atomic E-state index is 11.8. The number of anilines is 1. The molecule has 0 saturated carbocycles. The Balaban J connectivity index is 2.60. The number of guanidine groups is 1. The third kappa shape index (κ3) is 6.06. The van der Waals surface area contributed by atoms with Crippen molar-refractivity contribution >= 4 is 33.5 Å². The van der Waals surface area contributed by atoms with Gasteiger partial charge in [0.05, 0.1) is 0 Å². The number of carbonyl (C=O) groups is 1. The molecule has 20 heavy (non-hydrogen) atoms. The van der Waals surface area contributed by atoms with E-state index in [2.05, 4.69) is 31.6 Å². The van der Waals surface area contributed by atoms with Crippen LogP contribution < -0.4 is 16.4 Å². The lowest BCUT2D eigenvalue weighted by Gasteiger charge is -2.20. The van der Waals surface area contributed by atoms with Crippen molar-refractivity contribution in [2.75, 3.05) is 11.9 Å². The second-order valence-corrected chi connectivity index (χ2v) is 6.50. The highest BCUT2D eigenvalue weighted by molar-refractivity contribution is 9.10. The summed E-state index contributed by atoms with van der Waals surface area (Å²) in [7, 11) is 0. The van der Waals surface area contributed by atoms with Gasteiger partial charge in [-0.3, -0.25) is 4.79 Å². The highest BCUT2D eigenvalue weighted by Crippen LogP contribution is 2.20. The van der Waals surface area contributed by atoms with E-state index in [1.54, 1.807) is 0 Å². The molecule has 0 bridgehead atoms. The molecular formula is C14H21BrN4O. The van der Waals surface area contributed by atoms with Crippen LogP contribution in [0.2, 0.25) is 0 Å². The quantitative estimate of drug-likeness (QED) is 0.583. The summed E-state index contributed by atoms with van der Waals surface area (Å²) in [4.78, 5) is 15.8. The summed E-state index contributed by atoms with van der Waals surface area (Å²) in [5.74, 6) is 0.0588. The van der Waals surface area contributed by atoms with E-state index in [9.17, 15) is 4.79 Å². The number of nitrogens with one attached hydrogen (secondary N) is 2. The Morgan fingerprint density at radius 2 is 2.05 bits per heavy atom. The van der Waals surface area contributed by atoms with E-state index in [0.29, 0.717) is 0 Å². The highest BCUT2D eigenvalue weighted by Gasteiger charge is 2.10. The molecule has 1 aromatic carbocycles. The molecule has 110 valence electrons. The number of halogens is 1. The summed E-state index contributed by atoms with van der Waals surface area (Å²) >= 11 is 3.37. The van der Waals surface area contributed by atoms with Crippen molar-refractivity contribution in [1.29, 1.82) is 0 Å². The summed E-state index contributed by atoms with van der Waals surface area (Å²) in [6, 6.07) is 5.71. The van der Waals surface area contributed by atoms with Crippen LogP contribution in [0.25, 0.3) is 0 Å². The van der Waals surface area contributed by atoms with Crippen LogP contribution in [-0.2, 0) is 4.79 Å². The number of rotatable bonds is 3. The zero-order valence-electron chi connectivity index (χ0n) is 12.2. The van der Waals surface area contributed by atoms with Gasteiger partial charge in [-0.2, -0.15) is 0 Å². The monoisotopic (exact) mass is 340 g/mol. The van der Waals surface area contributed by atoms with E-state index in [1.807, 2.05) is 45.9 Å². The summed E-state index contributed by atoms with van der Waals surface area (Å²) in [5, 5.41) is 5.81. The van der Waals surface area contributed by atoms with E-state index < -0.39 is 0 Å². The van der Waals surface area contributed by atoms with Crippen molar-refractivity contribution in [1.82, 2.24) is 5.32 Å². The second kappa shape index (κ2) is 6.74. The normalized spacial score (nSPS) is 12.2. The van der Waals surface area contributed by atoms with Gasteiger partial charge in [0.2, 0.25) is 5.91 Å². The fraction of sp³-hybridized carbons (Fsp3) is 0.429. The lowest BCUT2D eigenvalue weighted by molar-refractivity contribution is -0.114. The number of aryl methyl sites for hydroxylation is 1. The van der Waals surface area contributed by atoms with Crippen LogP contribution in [0.1, 0.15) is 26.3 Å². The third-order valence-corrected chi connectivity index (χ3v) is 2.86. The van der Waals surface area contributed by atoms with Crippen molar-refractivity contribution in [2.45, 2.75) is 33.2 Å². The van der Waals surface area contributed by atoms with Gasteiger partial charge in [0, 0.05) is 15.7 Å². The first-order chi connectivity index (χ1) is 9.17. The molecule has 6 heteroatoms. The Labute approximate surface area is 128 Å². The molecule has 0 saturated heterocycles. The van der Waals surface area contributed by atoms with Crippen LogP contribution in [0, 0.1) is 6.92 Å². The van der Waals surface area contributed by atoms with E-state index in [-0.39, 0.29) is 24.0 Å². The first-order valence-corrected chi connectivity index (χ1v) is 7.11. The van der Waals surface area contributed by atoms with Crippen molar-refractivity contribution in [3.05, 3.63) is 28.2 Å². The third-order valence-electron chi connectivity index (χ3n) is 2.37. The second-order valence-electron chi connectivity index (χ2n) is 5.58. The van der Waals surface area contributed by atoms with Crippen LogP contribution in [0.3, 0.4) is 0 Å². The van der Waals surface area contributed by atoms with Crippen LogP contribution in [-0.4, -0.2) is 24.0 Å². The van der Waals surface area contributed by atoms with Crippen LogP contribution >= 0.6 is 15.9 Å². The zero-order valence-corrected chi connectivity index (χ0v) is 13.8. The Kier molecular flexibility index (Phi) is 5.56. The van der Waals surface area contributed by atoms with Crippen LogP contribution in [0.5, 0.6) is 0 Å². The Bertz CT molecular complexity index is 520. The summed E-state index contributed by atoms with van der Waals surface area (Å²) in [6.07, 6.45) is 0. The molecule has 5 nitrogen and oxygen atoms in total. The van der Waals surface area contributed by atoms with Crippen molar-refractivity contribution in [3.8, 4) is 0 Å². The molecule has 0 heterocycles. The molecule has 0 atom stereocenters. The number of carbonyl (C=O) groups excluding carboxylic acids is 1. The van der Waals surface area contributed by atoms with Gasteiger partial charge in [-0.1, -0.05) is 22.0 Å². The number of hydrogen-bond acceptors (Lipinski definition) is 2. The maximum Gasteiger partial charge on any atom is 0.246 e. The van der Waals surface area contributed by atoms with E-state index >= 15 is 0 Å². The zero-order chi connectivity index (χ0) is 15.3. The van der Waals surface area contributed by atoms with Gasteiger partial charge in [-0.25, -0.2) is 4.99 Å². The number of nitrogens with two attached hydrogens (primary N) is 1. The molecule has 1 amide bonds. The number of aliphatic imine (C=N–C) groups is 1. The summed E-state index contributed by atoms with van der Waals surface area (Å²) in [5.41, 5.74) is 7.29. The molecule has 0 spiro atoms. The summed E-state index contributed by atoms with van der Waals surface area (Å²) < 4.78 is 0.913. The molecule has 0 aliphatic heterocycles. The molecule has 0 aromatic heterocycles. The fourth-order valence-corrected chi connectivity index (χ4v) is 1.86. The minimum absolute atomic E-state index is 0.0130. The van der Waals surface area contributed by atoms with E-state index in [0.717, 1.165) is 15.7 Å². The summed E-state index contributed by atoms with van der Waals surface area (Å²) in [6.45, 7) is 7.84. The first-order valence-electron chi connectivity index (χ1n) is 6.31. The minimum Gasteiger partial charge on any atom is -0.370 e. The predicted molar refractivity (Wildman–Crippen MR) is 86.9 cm³/mol. The first kappa shape index (κ1) is 16.5.